The van der Waals surface area contributed by atoms with Gasteiger partial charge in [-0.3, -0.25) is 4.79 Å². The normalized spacial score (nSPS) is 14.3. The van der Waals surface area contributed by atoms with Gasteiger partial charge in [0.05, 0.1) is 19.3 Å². The van der Waals surface area contributed by atoms with Gasteiger partial charge >= 0.3 is 0 Å². The van der Waals surface area contributed by atoms with E-state index in [9.17, 15) is 9.90 Å². The highest BCUT2D eigenvalue weighted by Gasteiger charge is 2.13. The number of hydrogen-bond acceptors (Lipinski definition) is 3. The third-order valence-electron chi connectivity index (χ3n) is 2.74. The monoisotopic (exact) mass is 236 g/mol. The number of aliphatic hydroxyl groups is 1. The van der Waals surface area contributed by atoms with Crippen LogP contribution in [0.4, 0.5) is 0 Å². The zero-order valence-corrected chi connectivity index (χ0v) is 10.4. The third-order valence-corrected chi connectivity index (χ3v) is 2.74. The predicted molar refractivity (Wildman–Crippen MR) is 66.6 cm³/mol. The van der Waals surface area contributed by atoms with Crippen LogP contribution >= 0.6 is 0 Å². The summed E-state index contributed by atoms with van der Waals surface area (Å²) in [4.78, 5) is 11.0. The Balaban J connectivity index is 2.20. The number of benzene rings is 1. The van der Waals surface area contributed by atoms with Crippen LogP contribution in [0.1, 0.15) is 25.8 Å². The van der Waals surface area contributed by atoms with Crippen molar-refractivity contribution in [2.24, 2.45) is 5.92 Å². The molecule has 3 heteroatoms. The van der Waals surface area contributed by atoms with Crippen molar-refractivity contribution >= 4 is 5.78 Å². The lowest BCUT2D eigenvalue weighted by molar-refractivity contribution is -0.121. The second kappa shape index (κ2) is 7.20. The molecular formula is C14H20O3. The Hall–Kier alpha value is -1.19. The van der Waals surface area contributed by atoms with Crippen molar-refractivity contribution in [2.75, 3.05) is 6.61 Å². The third kappa shape index (κ3) is 5.61. The van der Waals surface area contributed by atoms with Gasteiger partial charge in [-0.25, -0.2) is 0 Å². The minimum absolute atomic E-state index is 0.104. The van der Waals surface area contributed by atoms with Gasteiger partial charge in [0.1, 0.15) is 5.78 Å². The van der Waals surface area contributed by atoms with Gasteiger partial charge in [-0.2, -0.15) is 0 Å². The second-order valence-corrected chi connectivity index (χ2v) is 4.40. The lowest BCUT2D eigenvalue weighted by atomic mass is 10.0. The van der Waals surface area contributed by atoms with E-state index in [1.165, 1.54) is 0 Å². The van der Waals surface area contributed by atoms with E-state index < -0.39 is 6.10 Å². The molecule has 1 rings (SSSR count). The lowest BCUT2D eigenvalue weighted by Crippen LogP contribution is -2.21. The number of Topliss-reactive ketones (excluding diaryl/α,β-unsaturated/α-hetero) is 1. The predicted octanol–water partition coefficient (Wildman–Crippen LogP) is 2.18. The highest BCUT2D eigenvalue weighted by atomic mass is 16.5. The van der Waals surface area contributed by atoms with Crippen LogP contribution in [-0.2, 0) is 16.1 Å². The van der Waals surface area contributed by atoms with Gasteiger partial charge in [0.15, 0.2) is 0 Å². The fourth-order valence-corrected chi connectivity index (χ4v) is 1.53. The maximum atomic E-state index is 11.0. The van der Waals surface area contributed by atoms with Crippen molar-refractivity contribution in [3.63, 3.8) is 0 Å². The van der Waals surface area contributed by atoms with E-state index in [-0.39, 0.29) is 18.3 Å². The number of hydrogen-bond donors (Lipinski definition) is 1. The highest BCUT2D eigenvalue weighted by molar-refractivity contribution is 5.77. The van der Waals surface area contributed by atoms with Crippen LogP contribution in [0.3, 0.4) is 0 Å². The summed E-state index contributed by atoms with van der Waals surface area (Å²) in [5.74, 6) is -0.00238. The molecule has 0 saturated carbocycles. The van der Waals surface area contributed by atoms with E-state index in [0.717, 1.165) is 5.56 Å². The van der Waals surface area contributed by atoms with Crippen molar-refractivity contribution in [1.29, 1.82) is 0 Å². The first-order valence-electron chi connectivity index (χ1n) is 5.89. The van der Waals surface area contributed by atoms with Crippen molar-refractivity contribution in [2.45, 2.75) is 33.0 Å². The van der Waals surface area contributed by atoms with E-state index in [2.05, 4.69) is 0 Å². The Bertz CT molecular complexity index is 335. The molecule has 0 bridgehead atoms. The standard InChI is InChI=1S/C14H20O3/c1-11(12(2)15)8-14(16)10-17-9-13-6-4-3-5-7-13/h3-7,11,14,16H,8-10H2,1-2H3. The van der Waals surface area contributed by atoms with Gasteiger partial charge in [0.2, 0.25) is 0 Å². The van der Waals surface area contributed by atoms with E-state index in [1.807, 2.05) is 37.3 Å². The number of rotatable bonds is 7. The van der Waals surface area contributed by atoms with Gasteiger partial charge in [0.25, 0.3) is 0 Å². The topological polar surface area (TPSA) is 46.5 Å². The maximum absolute atomic E-state index is 11.0. The highest BCUT2D eigenvalue weighted by Crippen LogP contribution is 2.08. The minimum atomic E-state index is -0.572. The van der Waals surface area contributed by atoms with Crippen LogP contribution in [-0.4, -0.2) is 23.6 Å². The van der Waals surface area contributed by atoms with Gasteiger partial charge in [0, 0.05) is 5.92 Å². The van der Waals surface area contributed by atoms with Crippen molar-refractivity contribution in [3.05, 3.63) is 35.9 Å². The number of carbonyl (C=O) groups is 1. The SMILES string of the molecule is CC(=O)C(C)CC(O)COCc1ccccc1. The summed E-state index contributed by atoms with van der Waals surface area (Å²) in [7, 11) is 0. The van der Waals surface area contributed by atoms with Gasteiger partial charge in [-0.05, 0) is 18.9 Å². The van der Waals surface area contributed by atoms with E-state index in [4.69, 9.17) is 4.74 Å². The summed E-state index contributed by atoms with van der Waals surface area (Å²) in [6.45, 7) is 4.13. The number of carbonyl (C=O) groups excluding carboxylic acids is 1. The van der Waals surface area contributed by atoms with Crippen LogP contribution in [0.5, 0.6) is 0 Å². The molecule has 0 amide bonds. The first-order valence-corrected chi connectivity index (χ1v) is 5.89. The minimum Gasteiger partial charge on any atom is -0.391 e. The zero-order valence-electron chi connectivity index (χ0n) is 10.4. The lowest BCUT2D eigenvalue weighted by Gasteiger charge is -2.14. The van der Waals surface area contributed by atoms with Crippen LogP contribution < -0.4 is 0 Å². The molecular weight excluding hydrogens is 216 g/mol. The average Bonchev–Trinajstić information content (AvgIpc) is 2.30. The Kier molecular flexibility index (Phi) is 5.87. The van der Waals surface area contributed by atoms with Crippen molar-refractivity contribution < 1.29 is 14.6 Å². The first kappa shape index (κ1) is 13.9. The van der Waals surface area contributed by atoms with Gasteiger partial charge in [-0.1, -0.05) is 37.3 Å². The Morgan fingerprint density at radius 1 is 1.35 bits per heavy atom. The molecule has 0 fully saturated rings. The second-order valence-electron chi connectivity index (χ2n) is 4.40. The molecule has 94 valence electrons. The summed E-state index contributed by atoms with van der Waals surface area (Å²) < 4.78 is 5.40. The molecule has 1 aromatic carbocycles. The largest absolute Gasteiger partial charge is 0.391 e. The molecule has 3 nitrogen and oxygen atoms in total. The fourth-order valence-electron chi connectivity index (χ4n) is 1.53. The Morgan fingerprint density at radius 3 is 2.59 bits per heavy atom. The summed E-state index contributed by atoms with van der Waals surface area (Å²) >= 11 is 0. The number of ketones is 1. The van der Waals surface area contributed by atoms with Crippen LogP contribution in [0, 0.1) is 5.92 Å². The van der Waals surface area contributed by atoms with Crippen LogP contribution in [0.25, 0.3) is 0 Å². The fraction of sp³-hybridized carbons (Fsp3) is 0.500. The molecule has 0 aliphatic heterocycles. The molecule has 2 unspecified atom stereocenters. The maximum Gasteiger partial charge on any atom is 0.132 e. The summed E-state index contributed by atoms with van der Waals surface area (Å²) in [5, 5.41) is 9.67. The summed E-state index contributed by atoms with van der Waals surface area (Å²) in [6.07, 6.45) is -0.109. The van der Waals surface area contributed by atoms with E-state index in [1.54, 1.807) is 6.92 Å². The molecule has 1 aromatic rings. The van der Waals surface area contributed by atoms with Crippen molar-refractivity contribution in [3.8, 4) is 0 Å². The van der Waals surface area contributed by atoms with Crippen LogP contribution in [0.2, 0.25) is 0 Å². The summed E-state index contributed by atoms with van der Waals surface area (Å²) in [5.41, 5.74) is 1.08. The number of ether oxygens (including phenoxy) is 1. The quantitative estimate of drug-likeness (QED) is 0.789. The molecule has 17 heavy (non-hydrogen) atoms. The van der Waals surface area contributed by atoms with Gasteiger partial charge < -0.3 is 9.84 Å². The summed E-state index contributed by atoms with van der Waals surface area (Å²) in [6, 6.07) is 9.81. The van der Waals surface area contributed by atoms with E-state index in [0.29, 0.717) is 13.0 Å². The molecule has 0 saturated heterocycles. The first-order chi connectivity index (χ1) is 8.09. The average molecular weight is 236 g/mol. The molecule has 0 radical (unpaired) electrons. The Morgan fingerprint density at radius 2 is 2.00 bits per heavy atom. The van der Waals surface area contributed by atoms with Crippen LogP contribution in [0.15, 0.2) is 30.3 Å². The van der Waals surface area contributed by atoms with Crippen molar-refractivity contribution in [1.82, 2.24) is 0 Å². The molecule has 2 atom stereocenters. The Labute approximate surface area is 102 Å². The number of aliphatic hydroxyl groups excluding tert-OH is 1. The zero-order chi connectivity index (χ0) is 12.7. The smallest absolute Gasteiger partial charge is 0.132 e. The van der Waals surface area contributed by atoms with E-state index >= 15 is 0 Å². The van der Waals surface area contributed by atoms with Gasteiger partial charge in [-0.15, -0.1) is 0 Å². The molecule has 1 N–H and O–H groups in total. The molecule has 0 heterocycles. The molecule has 0 aliphatic carbocycles. The molecule has 0 spiro atoms. The molecule has 0 aliphatic rings. The molecule has 0 aromatic heterocycles.